The molecule has 2 aromatic heterocycles. The Kier molecular flexibility index (Phi) is 3.18. The lowest BCUT2D eigenvalue weighted by Gasteiger charge is -2.22. The molecule has 0 aliphatic carbocycles. The predicted molar refractivity (Wildman–Crippen MR) is 73.3 cm³/mol. The lowest BCUT2D eigenvalue weighted by Crippen LogP contribution is -2.23. The molecule has 0 aliphatic rings. The normalized spacial score (nSPS) is 11.8. The maximum atomic E-state index is 5.25. The molecule has 6 heteroatoms. The standard InChI is InChI=1S/C11H13BrN4S/c1-11(2,3)16-9(14-15-10(16)17)8-5-4-7(12)6-13-8/h4-6H,1-3H3,(H,15,17). The van der Waals surface area contributed by atoms with Gasteiger partial charge in [0.2, 0.25) is 0 Å². The van der Waals surface area contributed by atoms with Crippen molar-refractivity contribution in [2.45, 2.75) is 26.3 Å². The molecule has 0 atom stereocenters. The maximum Gasteiger partial charge on any atom is 0.195 e. The van der Waals surface area contributed by atoms with Crippen molar-refractivity contribution in [3.63, 3.8) is 0 Å². The number of nitrogens with one attached hydrogen (secondary N) is 1. The number of pyridine rings is 1. The van der Waals surface area contributed by atoms with Crippen LogP contribution in [0, 0.1) is 4.77 Å². The van der Waals surface area contributed by atoms with Crippen LogP contribution < -0.4 is 0 Å². The second kappa shape index (κ2) is 4.34. The minimum absolute atomic E-state index is 0.131. The van der Waals surface area contributed by atoms with Crippen molar-refractivity contribution in [1.82, 2.24) is 19.7 Å². The molecule has 2 aromatic rings. The van der Waals surface area contributed by atoms with E-state index in [-0.39, 0.29) is 5.54 Å². The number of H-pyrrole nitrogens is 1. The molecule has 0 aromatic carbocycles. The number of aromatic amines is 1. The Balaban J connectivity index is 2.61. The predicted octanol–water partition coefficient (Wildman–Crippen LogP) is 3.52. The highest BCUT2D eigenvalue weighted by Gasteiger charge is 2.20. The Morgan fingerprint density at radius 1 is 1.35 bits per heavy atom. The van der Waals surface area contributed by atoms with Crippen LogP contribution in [0.5, 0.6) is 0 Å². The van der Waals surface area contributed by atoms with E-state index in [0.29, 0.717) is 4.77 Å². The van der Waals surface area contributed by atoms with Crippen molar-refractivity contribution in [1.29, 1.82) is 0 Å². The molecule has 17 heavy (non-hydrogen) atoms. The monoisotopic (exact) mass is 312 g/mol. The van der Waals surface area contributed by atoms with E-state index < -0.39 is 0 Å². The van der Waals surface area contributed by atoms with Gasteiger partial charge in [-0.05, 0) is 61.1 Å². The summed E-state index contributed by atoms with van der Waals surface area (Å²) in [7, 11) is 0. The first-order chi connectivity index (χ1) is 7.89. The molecule has 2 rings (SSSR count). The van der Waals surface area contributed by atoms with E-state index in [0.717, 1.165) is 16.0 Å². The summed E-state index contributed by atoms with van der Waals surface area (Å²) in [5, 5.41) is 7.07. The topological polar surface area (TPSA) is 46.5 Å². The summed E-state index contributed by atoms with van der Waals surface area (Å²) in [6, 6.07) is 3.85. The zero-order valence-corrected chi connectivity index (χ0v) is 12.3. The van der Waals surface area contributed by atoms with Crippen LogP contribution in [0.15, 0.2) is 22.8 Å². The summed E-state index contributed by atoms with van der Waals surface area (Å²) >= 11 is 8.62. The Labute approximate surface area is 113 Å². The van der Waals surface area contributed by atoms with E-state index in [4.69, 9.17) is 12.2 Å². The van der Waals surface area contributed by atoms with Gasteiger partial charge < -0.3 is 0 Å². The Morgan fingerprint density at radius 2 is 2.06 bits per heavy atom. The summed E-state index contributed by atoms with van der Waals surface area (Å²) in [5.41, 5.74) is 0.671. The molecule has 0 amide bonds. The van der Waals surface area contributed by atoms with Crippen molar-refractivity contribution in [2.75, 3.05) is 0 Å². The minimum atomic E-state index is -0.131. The Morgan fingerprint density at radius 3 is 2.59 bits per heavy atom. The van der Waals surface area contributed by atoms with Crippen molar-refractivity contribution in [3.8, 4) is 11.5 Å². The highest BCUT2D eigenvalue weighted by molar-refractivity contribution is 9.10. The average Bonchev–Trinajstić information content (AvgIpc) is 2.61. The molecule has 0 unspecified atom stereocenters. The van der Waals surface area contributed by atoms with Crippen LogP contribution in [-0.2, 0) is 5.54 Å². The van der Waals surface area contributed by atoms with E-state index in [2.05, 4.69) is 51.9 Å². The highest BCUT2D eigenvalue weighted by Crippen LogP contribution is 2.23. The van der Waals surface area contributed by atoms with Crippen LogP contribution >= 0.6 is 28.1 Å². The molecule has 90 valence electrons. The minimum Gasteiger partial charge on any atom is -0.293 e. The van der Waals surface area contributed by atoms with Crippen LogP contribution in [-0.4, -0.2) is 19.7 Å². The number of nitrogens with zero attached hydrogens (tertiary/aromatic N) is 3. The van der Waals surface area contributed by atoms with Crippen LogP contribution in [0.3, 0.4) is 0 Å². The summed E-state index contributed by atoms with van der Waals surface area (Å²) in [4.78, 5) is 4.34. The molecule has 0 saturated carbocycles. The van der Waals surface area contributed by atoms with E-state index in [1.807, 2.05) is 16.7 Å². The van der Waals surface area contributed by atoms with Gasteiger partial charge in [0.25, 0.3) is 0 Å². The van der Waals surface area contributed by atoms with Gasteiger partial charge in [-0.2, -0.15) is 5.10 Å². The SMILES string of the molecule is CC(C)(C)n1c(-c2ccc(Br)cn2)n[nH]c1=S. The van der Waals surface area contributed by atoms with Gasteiger partial charge in [-0.15, -0.1) is 0 Å². The van der Waals surface area contributed by atoms with Crippen LogP contribution in [0.1, 0.15) is 20.8 Å². The number of hydrogen-bond donors (Lipinski definition) is 1. The van der Waals surface area contributed by atoms with Gasteiger partial charge in [-0.25, -0.2) is 0 Å². The van der Waals surface area contributed by atoms with E-state index in [9.17, 15) is 0 Å². The third kappa shape index (κ3) is 2.47. The van der Waals surface area contributed by atoms with Crippen molar-refractivity contribution in [3.05, 3.63) is 27.6 Å². The number of hydrogen-bond acceptors (Lipinski definition) is 3. The first-order valence-electron chi connectivity index (χ1n) is 5.19. The van der Waals surface area contributed by atoms with Crippen LogP contribution in [0.2, 0.25) is 0 Å². The smallest absolute Gasteiger partial charge is 0.195 e. The molecule has 0 saturated heterocycles. The Hall–Kier alpha value is -1.01. The van der Waals surface area contributed by atoms with Crippen molar-refractivity contribution < 1.29 is 0 Å². The fourth-order valence-corrected chi connectivity index (χ4v) is 2.24. The van der Waals surface area contributed by atoms with Gasteiger partial charge in [0, 0.05) is 16.2 Å². The molecule has 0 radical (unpaired) electrons. The second-order valence-corrected chi connectivity index (χ2v) is 6.02. The number of rotatable bonds is 1. The number of halogens is 1. The van der Waals surface area contributed by atoms with Crippen molar-refractivity contribution >= 4 is 28.1 Å². The summed E-state index contributed by atoms with van der Waals surface area (Å²) in [6.45, 7) is 6.25. The molecule has 0 aliphatic heterocycles. The molecule has 4 nitrogen and oxygen atoms in total. The molecular formula is C11H13BrN4S. The molecule has 0 fully saturated rings. The van der Waals surface area contributed by atoms with Crippen molar-refractivity contribution in [2.24, 2.45) is 0 Å². The quantitative estimate of drug-likeness (QED) is 0.819. The highest BCUT2D eigenvalue weighted by atomic mass is 79.9. The first kappa shape index (κ1) is 12.4. The summed E-state index contributed by atoms with van der Waals surface area (Å²) in [5.74, 6) is 0.759. The van der Waals surface area contributed by atoms with E-state index in [1.165, 1.54) is 0 Å². The molecule has 0 spiro atoms. The third-order valence-corrected chi connectivity index (χ3v) is 3.04. The number of aromatic nitrogens is 4. The van der Waals surface area contributed by atoms with Gasteiger partial charge in [0.05, 0.1) is 0 Å². The van der Waals surface area contributed by atoms with Gasteiger partial charge in [0.1, 0.15) is 5.69 Å². The average molecular weight is 313 g/mol. The summed E-state index contributed by atoms with van der Waals surface area (Å²) < 4.78 is 3.52. The molecule has 2 heterocycles. The lowest BCUT2D eigenvalue weighted by molar-refractivity contribution is 0.395. The molecule has 1 N–H and O–H groups in total. The fourth-order valence-electron chi connectivity index (χ4n) is 1.60. The van der Waals surface area contributed by atoms with Gasteiger partial charge in [-0.3, -0.25) is 14.6 Å². The zero-order chi connectivity index (χ0) is 12.6. The molecular weight excluding hydrogens is 300 g/mol. The van der Waals surface area contributed by atoms with Gasteiger partial charge >= 0.3 is 0 Å². The van der Waals surface area contributed by atoms with Gasteiger partial charge in [0.15, 0.2) is 10.6 Å². The van der Waals surface area contributed by atoms with E-state index >= 15 is 0 Å². The fraction of sp³-hybridized carbons (Fsp3) is 0.364. The van der Waals surface area contributed by atoms with Crippen LogP contribution in [0.25, 0.3) is 11.5 Å². The second-order valence-electron chi connectivity index (χ2n) is 4.72. The first-order valence-corrected chi connectivity index (χ1v) is 6.39. The maximum absolute atomic E-state index is 5.25. The van der Waals surface area contributed by atoms with E-state index in [1.54, 1.807) is 6.20 Å². The largest absolute Gasteiger partial charge is 0.293 e. The third-order valence-electron chi connectivity index (χ3n) is 2.30. The lowest BCUT2D eigenvalue weighted by atomic mass is 10.1. The zero-order valence-electron chi connectivity index (χ0n) is 9.86. The van der Waals surface area contributed by atoms with Crippen LogP contribution in [0.4, 0.5) is 0 Å². The summed E-state index contributed by atoms with van der Waals surface area (Å²) in [6.07, 6.45) is 1.75. The molecule has 0 bridgehead atoms. The van der Waals surface area contributed by atoms with Gasteiger partial charge in [-0.1, -0.05) is 0 Å². The Bertz CT molecular complexity index is 577.